The van der Waals surface area contributed by atoms with Crippen molar-refractivity contribution >= 4 is 22.3 Å². The van der Waals surface area contributed by atoms with Crippen LogP contribution < -0.4 is 15.5 Å². The third-order valence-electron chi connectivity index (χ3n) is 3.67. The first-order valence-corrected chi connectivity index (χ1v) is 6.91. The van der Waals surface area contributed by atoms with E-state index in [2.05, 4.69) is 44.8 Å². The number of nitrogens with zero attached hydrogens (tertiary/aromatic N) is 2. The number of benzene rings is 1. The summed E-state index contributed by atoms with van der Waals surface area (Å²) < 4.78 is 0. The van der Waals surface area contributed by atoms with Gasteiger partial charge in [0.05, 0.1) is 0 Å². The number of pyridine rings is 1. The monoisotopic (exact) mass is 256 g/mol. The smallest absolute Gasteiger partial charge is 0.136 e. The van der Waals surface area contributed by atoms with E-state index in [4.69, 9.17) is 0 Å². The quantitative estimate of drug-likeness (QED) is 0.863. The van der Waals surface area contributed by atoms with Gasteiger partial charge >= 0.3 is 0 Å². The van der Waals surface area contributed by atoms with Gasteiger partial charge in [0, 0.05) is 44.0 Å². The van der Waals surface area contributed by atoms with Crippen molar-refractivity contribution in [3.8, 4) is 0 Å². The van der Waals surface area contributed by atoms with Gasteiger partial charge in [-0.25, -0.2) is 4.98 Å². The molecule has 0 spiro atoms. The second-order valence-corrected chi connectivity index (χ2v) is 4.91. The first-order chi connectivity index (χ1) is 9.38. The lowest BCUT2D eigenvalue weighted by atomic mass is 10.1. The van der Waals surface area contributed by atoms with Gasteiger partial charge in [0.2, 0.25) is 0 Å². The molecule has 0 saturated carbocycles. The van der Waals surface area contributed by atoms with E-state index < -0.39 is 0 Å². The van der Waals surface area contributed by atoms with Crippen LogP contribution in [0.3, 0.4) is 0 Å². The third-order valence-corrected chi connectivity index (χ3v) is 3.67. The van der Waals surface area contributed by atoms with Crippen LogP contribution in [-0.4, -0.2) is 38.2 Å². The van der Waals surface area contributed by atoms with Crippen LogP contribution in [0.15, 0.2) is 30.5 Å². The molecule has 2 N–H and O–H groups in total. The van der Waals surface area contributed by atoms with Crippen molar-refractivity contribution in [1.29, 1.82) is 0 Å². The standard InChI is InChI=1S/C15H20N4/c1-16-13-4-3-12-5-7-18-15(14(12)11-13)19-9-2-6-17-8-10-19/h3-5,7,11,16-17H,2,6,8-10H2,1H3. The highest BCUT2D eigenvalue weighted by molar-refractivity contribution is 5.94. The van der Waals surface area contributed by atoms with Crippen LogP contribution >= 0.6 is 0 Å². The lowest BCUT2D eigenvalue weighted by Crippen LogP contribution is -2.28. The lowest BCUT2D eigenvalue weighted by Gasteiger charge is -2.22. The summed E-state index contributed by atoms with van der Waals surface area (Å²) in [6.07, 6.45) is 3.08. The van der Waals surface area contributed by atoms with Gasteiger partial charge in [0.25, 0.3) is 0 Å². The van der Waals surface area contributed by atoms with Gasteiger partial charge in [0.1, 0.15) is 5.82 Å². The highest BCUT2D eigenvalue weighted by atomic mass is 15.2. The number of fused-ring (bicyclic) bond motifs is 1. The minimum Gasteiger partial charge on any atom is -0.388 e. The third kappa shape index (κ3) is 2.49. The topological polar surface area (TPSA) is 40.2 Å². The van der Waals surface area contributed by atoms with Crippen molar-refractivity contribution in [1.82, 2.24) is 10.3 Å². The van der Waals surface area contributed by atoms with Crippen LogP contribution in [0.5, 0.6) is 0 Å². The van der Waals surface area contributed by atoms with Gasteiger partial charge in [0.15, 0.2) is 0 Å². The van der Waals surface area contributed by atoms with Crippen LogP contribution in [0, 0.1) is 0 Å². The van der Waals surface area contributed by atoms with Gasteiger partial charge in [-0.15, -0.1) is 0 Å². The molecule has 1 saturated heterocycles. The van der Waals surface area contributed by atoms with E-state index in [0.717, 1.165) is 37.7 Å². The molecule has 100 valence electrons. The van der Waals surface area contributed by atoms with Crippen LogP contribution in [0.25, 0.3) is 10.8 Å². The normalized spacial score (nSPS) is 16.4. The average Bonchev–Trinajstić information content (AvgIpc) is 2.75. The number of nitrogens with one attached hydrogen (secondary N) is 2. The molecule has 2 heterocycles. The second kappa shape index (κ2) is 5.45. The van der Waals surface area contributed by atoms with E-state index in [1.165, 1.54) is 17.2 Å². The van der Waals surface area contributed by atoms with Crippen molar-refractivity contribution in [2.75, 3.05) is 43.4 Å². The van der Waals surface area contributed by atoms with Crippen molar-refractivity contribution in [3.63, 3.8) is 0 Å². The van der Waals surface area contributed by atoms with E-state index in [-0.39, 0.29) is 0 Å². The maximum atomic E-state index is 4.62. The molecular formula is C15H20N4. The van der Waals surface area contributed by atoms with Crippen LogP contribution in [0.4, 0.5) is 11.5 Å². The number of aromatic nitrogens is 1. The summed E-state index contributed by atoms with van der Waals surface area (Å²) in [7, 11) is 1.95. The molecule has 1 aliphatic rings. The highest BCUT2D eigenvalue weighted by Gasteiger charge is 2.13. The zero-order valence-electron chi connectivity index (χ0n) is 11.3. The summed E-state index contributed by atoms with van der Waals surface area (Å²) in [5.74, 6) is 1.11. The van der Waals surface area contributed by atoms with Gasteiger partial charge in [-0.05, 0) is 36.6 Å². The lowest BCUT2D eigenvalue weighted by molar-refractivity contribution is 0.724. The SMILES string of the molecule is CNc1ccc2ccnc(N3CCCNCC3)c2c1. The maximum Gasteiger partial charge on any atom is 0.136 e. The molecule has 0 amide bonds. The Morgan fingerprint density at radius 2 is 2.16 bits per heavy atom. The molecular weight excluding hydrogens is 236 g/mol. The Balaban J connectivity index is 2.05. The fourth-order valence-electron chi connectivity index (χ4n) is 2.62. The zero-order chi connectivity index (χ0) is 13.1. The summed E-state index contributed by atoms with van der Waals surface area (Å²) in [6, 6.07) is 8.53. The molecule has 0 atom stereocenters. The molecule has 0 bridgehead atoms. The Bertz CT molecular complexity index is 559. The predicted molar refractivity (Wildman–Crippen MR) is 81.0 cm³/mol. The molecule has 0 radical (unpaired) electrons. The van der Waals surface area contributed by atoms with Crippen molar-refractivity contribution in [2.24, 2.45) is 0 Å². The predicted octanol–water partition coefficient (Wildman–Crippen LogP) is 2.08. The molecule has 2 aromatic rings. The van der Waals surface area contributed by atoms with E-state index in [1.54, 1.807) is 0 Å². The second-order valence-electron chi connectivity index (χ2n) is 4.91. The molecule has 3 rings (SSSR count). The van der Waals surface area contributed by atoms with E-state index >= 15 is 0 Å². The Morgan fingerprint density at radius 3 is 3.05 bits per heavy atom. The summed E-state index contributed by atoms with van der Waals surface area (Å²) >= 11 is 0. The largest absolute Gasteiger partial charge is 0.388 e. The van der Waals surface area contributed by atoms with Crippen LogP contribution in [0.2, 0.25) is 0 Å². The Labute approximate surface area is 113 Å². The minimum atomic E-state index is 1.02. The molecule has 4 nitrogen and oxygen atoms in total. The number of rotatable bonds is 2. The summed E-state index contributed by atoms with van der Waals surface area (Å²) in [5, 5.41) is 9.12. The Morgan fingerprint density at radius 1 is 1.21 bits per heavy atom. The van der Waals surface area contributed by atoms with E-state index in [1.807, 2.05) is 13.2 Å². The summed E-state index contributed by atoms with van der Waals surface area (Å²) in [4.78, 5) is 7.01. The van der Waals surface area contributed by atoms with Gasteiger partial charge in [-0.3, -0.25) is 0 Å². The van der Waals surface area contributed by atoms with Crippen molar-refractivity contribution in [2.45, 2.75) is 6.42 Å². The van der Waals surface area contributed by atoms with Gasteiger partial charge in [-0.2, -0.15) is 0 Å². The van der Waals surface area contributed by atoms with Crippen LogP contribution in [0.1, 0.15) is 6.42 Å². The van der Waals surface area contributed by atoms with Crippen molar-refractivity contribution < 1.29 is 0 Å². The van der Waals surface area contributed by atoms with Gasteiger partial charge < -0.3 is 15.5 Å². The number of hydrogen-bond donors (Lipinski definition) is 2. The Hall–Kier alpha value is -1.81. The zero-order valence-corrected chi connectivity index (χ0v) is 11.3. The molecule has 1 aromatic heterocycles. The highest BCUT2D eigenvalue weighted by Crippen LogP contribution is 2.27. The molecule has 4 heteroatoms. The average molecular weight is 256 g/mol. The molecule has 1 aliphatic heterocycles. The summed E-state index contributed by atoms with van der Waals surface area (Å²) in [5.41, 5.74) is 1.13. The molecule has 0 aliphatic carbocycles. The first kappa shape index (κ1) is 12.2. The Kier molecular flexibility index (Phi) is 3.51. The van der Waals surface area contributed by atoms with E-state index in [0.29, 0.717) is 0 Å². The fraction of sp³-hybridized carbons (Fsp3) is 0.400. The minimum absolute atomic E-state index is 1.02. The molecule has 1 fully saturated rings. The van der Waals surface area contributed by atoms with Gasteiger partial charge in [-0.1, -0.05) is 6.07 Å². The van der Waals surface area contributed by atoms with Crippen molar-refractivity contribution in [3.05, 3.63) is 30.5 Å². The number of anilines is 2. The molecule has 19 heavy (non-hydrogen) atoms. The fourth-order valence-corrected chi connectivity index (χ4v) is 2.62. The first-order valence-electron chi connectivity index (χ1n) is 6.91. The maximum absolute atomic E-state index is 4.62. The molecule has 0 unspecified atom stereocenters. The van der Waals surface area contributed by atoms with Crippen LogP contribution in [-0.2, 0) is 0 Å². The summed E-state index contributed by atoms with van der Waals surface area (Å²) in [6.45, 7) is 4.23. The number of hydrogen-bond acceptors (Lipinski definition) is 4. The molecule has 1 aromatic carbocycles. The van der Waals surface area contributed by atoms with E-state index in [9.17, 15) is 0 Å².